The van der Waals surface area contributed by atoms with Crippen molar-refractivity contribution in [2.75, 3.05) is 13.1 Å². The lowest BCUT2D eigenvalue weighted by molar-refractivity contribution is -0.199. The molecule has 9 atom stereocenters. The molecule has 4 aliphatic rings. The molecule has 17 heteroatoms. The summed E-state index contributed by atoms with van der Waals surface area (Å²) in [6, 6.07) is 11.0. The molecule has 2 aromatic carbocycles. The molecule has 5 amide bonds. The van der Waals surface area contributed by atoms with Gasteiger partial charge < -0.3 is 58.8 Å². The van der Waals surface area contributed by atoms with E-state index in [1.165, 1.54) is 5.56 Å². The van der Waals surface area contributed by atoms with Crippen molar-refractivity contribution in [1.82, 2.24) is 26.6 Å². The molecule has 2 aromatic rings. The largest absolute Gasteiger partial charge is 0.497 e. The lowest BCUT2D eigenvalue weighted by atomic mass is 9.43. The molecular weight excluding hydrogens is 777 g/mol. The second kappa shape index (κ2) is 20.7. The number of nitrogens with one attached hydrogen (secondary N) is 5. The standard InChI is InChI=1S/C44H68BN9O7/c1-7-8-9-26-10-12-27(13-11-26)28-14-16-29(17-15-28)37(55)50-31(18-20-46)38(56)51-32(19-21-47)39(57)53-36(48)41(59)52-33(22-25(2)3)40(58)54-42(49)45-60-35-24-30-23-34(43(30,4)5)44(35,6)61-45/h10-17,25,30-36,42H,7-9,18-24,46-49H2,1-6H3,(H,50,55)(H,51,56)(H,52,59)(H,53,57)(H,54,58)/t30-,31-,32-,33-,34-,35?,36+,42+,44-/m0/s1. The van der Waals surface area contributed by atoms with E-state index in [0.717, 1.165) is 43.2 Å². The lowest BCUT2D eigenvalue weighted by Gasteiger charge is -2.64. The number of aryl methyl sites for hydroxylation is 1. The zero-order valence-electron chi connectivity index (χ0n) is 36.6. The fourth-order valence-electron chi connectivity index (χ4n) is 9.11. The molecule has 13 N–H and O–H groups in total. The number of nitrogens with two attached hydrogens (primary N) is 4. The third-order valence-electron chi connectivity index (χ3n) is 12.9. The highest BCUT2D eigenvalue weighted by Gasteiger charge is 2.68. The van der Waals surface area contributed by atoms with E-state index in [0.29, 0.717) is 17.4 Å². The minimum absolute atomic E-state index is 0.00334. The topological polar surface area (TPSA) is 268 Å². The van der Waals surface area contributed by atoms with Crippen LogP contribution in [0.5, 0.6) is 0 Å². The SMILES string of the molecule is CCCCc1ccc(-c2ccc(C(=O)N[C@@H](CCN)C(=O)N[C@@H](CCN)C(=O)N[C@@H](N)C(=O)N[C@@H](CC(C)C)C(=O)N[C@@H](N)B3OC4C[C@@H]5C[C@@H](C5(C)C)[C@]4(C)O3)cc2)cc1. The van der Waals surface area contributed by atoms with E-state index in [-0.39, 0.29) is 49.8 Å². The van der Waals surface area contributed by atoms with Gasteiger partial charge in [0, 0.05) is 5.56 Å². The summed E-state index contributed by atoms with van der Waals surface area (Å²) in [6.45, 7) is 12.6. The molecule has 2 bridgehead atoms. The van der Waals surface area contributed by atoms with Gasteiger partial charge in [0.15, 0.2) is 6.17 Å². The van der Waals surface area contributed by atoms with Gasteiger partial charge in [0.05, 0.1) is 11.7 Å². The van der Waals surface area contributed by atoms with Gasteiger partial charge in [-0.3, -0.25) is 24.0 Å². The van der Waals surface area contributed by atoms with Gasteiger partial charge in [-0.25, -0.2) is 0 Å². The van der Waals surface area contributed by atoms with Crippen molar-refractivity contribution in [3.05, 3.63) is 59.7 Å². The highest BCUT2D eigenvalue weighted by atomic mass is 16.7. The molecule has 0 radical (unpaired) electrons. The lowest BCUT2D eigenvalue weighted by Crippen LogP contribution is -2.65. The maximum Gasteiger partial charge on any atom is 0.497 e. The van der Waals surface area contributed by atoms with Crippen molar-refractivity contribution in [2.24, 2.45) is 46.1 Å². The predicted octanol–water partition coefficient (Wildman–Crippen LogP) is 1.58. The molecular formula is C44H68BN9O7. The summed E-state index contributed by atoms with van der Waals surface area (Å²) in [4.78, 5) is 67.1. The Hall–Kier alpha value is -4.39. The first kappa shape index (κ1) is 47.7. The number of amides is 5. The molecule has 16 nitrogen and oxygen atoms in total. The molecule has 1 aliphatic heterocycles. The summed E-state index contributed by atoms with van der Waals surface area (Å²) in [6.07, 6.45) is 3.81. The summed E-state index contributed by atoms with van der Waals surface area (Å²) in [5.41, 5.74) is 27.4. The fraction of sp³-hybridized carbons (Fsp3) is 0.614. The Morgan fingerprint density at radius 2 is 1.31 bits per heavy atom. The number of hydrogen-bond acceptors (Lipinski definition) is 11. The number of hydrogen-bond donors (Lipinski definition) is 9. The molecule has 0 spiro atoms. The summed E-state index contributed by atoms with van der Waals surface area (Å²) >= 11 is 0. The highest BCUT2D eigenvalue weighted by molar-refractivity contribution is 6.47. The molecule has 0 aromatic heterocycles. The van der Waals surface area contributed by atoms with E-state index in [2.05, 4.69) is 78.5 Å². The molecule has 1 heterocycles. The first-order valence-corrected chi connectivity index (χ1v) is 21.9. The van der Waals surface area contributed by atoms with E-state index < -0.39 is 72.6 Å². The van der Waals surface area contributed by atoms with Crippen LogP contribution < -0.4 is 49.5 Å². The second-order valence-corrected chi connectivity index (χ2v) is 18.2. The Balaban J connectivity index is 1.14. The minimum Gasteiger partial charge on any atom is -0.403 e. The normalized spacial score (nSPS) is 23.7. The van der Waals surface area contributed by atoms with Crippen LogP contribution >= 0.6 is 0 Å². The molecule has 6 rings (SSSR count). The van der Waals surface area contributed by atoms with Gasteiger partial charge in [0.2, 0.25) is 17.7 Å². The summed E-state index contributed by atoms with van der Waals surface area (Å²) in [7, 11) is -0.867. The first-order valence-electron chi connectivity index (χ1n) is 21.9. The maximum absolute atomic E-state index is 13.6. The average molecular weight is 846 g/mol. The highest BCUT2D eigenvalue weighted by Crippen LogP contribution is 2.65. The van der Waals surface area contributed by atoms with Crippen LogP contribution in [0.25, 0.3) is 11.1 Å². The Morgan fingerprint density at radius 3 is 1.89 bits per heavy atom. The fourth-order valence-corrected chi connectivity index (χ4v) is 9.11. The van der Waals surface area contributed by atoms with Crippen LogP contribution in [-0.4, -0.2) is 91.8 Å². The predicted molar refractivity (Wildman–Crippen MR) is 235 cm³/mol. The van der Waals surface area contributed by atoms with E-state index in [1.54, 1.807) is 12.1 Å². The van der Waals surface area contributed by atoms with E-state index in [9.17, 15) is 24.0 Å². The monoisotopic (exact) mass is 846 g/mol. The van der Waals surface area contributed by atoms with Crippen LogP contribution in [0.3, 0.4) is 0 Å². The second-order valence-electron chi connectivity index (χ2n) is 18.2. The molecule has 1 unspecified atom stereocenters. The van der Waals surface area contributed by atoms with Crippen molar-refractivity contribution >= 4 is 36.7 Å². The Morgan fingerprint density at radius 1 is 0.754 bits per heavy atom. The van der Waals surface area contributed by atoms with Crippen molar-refractivity contribution in [3.63, 3.8) is 0 Å². The summed E-state index contributed by atoms with van der Waals surface area (Å²) in [5.74, 6) is -2.51. The van der Waals surface area contributed by atoms with Crippen molar-refractivity contribution in [1.29, 1.82) is 0 Å². The van der Waals surface area contributed by atoms with Crippen LogP contribution in [0.2, 0.25) is 0 Å². The number of carbonyl (C=O) groups is 5. The van der Waals surface area contributed by atoms with Crippen molar-refractivity contribution in [2.45, 2.75) is 135 Å². The third-order valence-corrected chi connectivity index (χ3v) is 12.9. The Bertz CT molecular complexity index is 1850. The minimum atomic E-state index is -1.60. The Kier molecular flexibility index (Phi) is 16.1. The molecule has 3 saturated carbocycles. The van der Waals surface area contributed by atoms with Gasteiger partial charge >= 0.3 is 7.12 Å². The van der Waals surface area contributed by atoms with Gasteiger partial charge in [0.1, 0.15) is 24.2 Å². The van der Waals surface area contributed by atoms with Gasteiger partial charge in [-0.05, 0) is 117 Å². The molecule has 61 heavy (non-hydrogen) atoms. The Labute approximate surface area is 360 Å². The number of unbranched alkanes of at least 4 members (excludes halogenated alkanes) is 1. The zero-order chi connectivity index (χ0) is 44.6. The molecule has 4 fully saturated rings. The van der Waals surface area contributed by atoms with Crippen LogP contribution in [0, 0.1) is 23.2 Å². The first-order chi connectivity index (χ1) is 28.9. The molecule has 1 saturated heterocycles. The quantitative estimate of drug-likeness (QED) is 0.0643. The number of rotatable bonds is 21. The number of benzene rings is 2. The van der Waals surface area contributed by atoms with Crippen molar-refractivity contribution < 1.29 is 33.3 Å². The van der Waals surface area contributed by atoms with Crippen LogP contribution in [0.1, 0.15) is 102 Å². The molecule has 334 valence electrons. The third kappa shape index (κ3) is 11.4. The van der Waals surface area contributed by atoms with Gasteiger partial charge in [-0.15, -0.1) is 0 Å². The van der Waals surface area contributed by atoms with Gasteiger partial charge in [-0.1, -0.05) is 77.4 Å². The van der Waals surface area contributed by atoms with Crippen LogP contribution in [0.4, 0.5) is 0 Å². The molecule has 3 aliphatic carbocycles. The summed E-state index contributed by atoms with van der Waals surface area (Å²) < 4.78 is 12.6. The van der Waals surface area contributed by atoms with E-state index in [1.807, 2.05) is 26.0 Å². The van der Waals surface area contributed by atoms with E-state index >= 15 is 0 Å². The number of carbonyl (C=O) groups excluding carboxylic acids is 5. The average Bonchev–Trinajstić information content (AvgIpc) is 3.60. The summed E-state index contributed by atoms with van der Waals surface area (Å²) in [5, 5.41) is 13.1. The maximum atomic E-state index is 13.6. The van der Waals surface area contributed by atoms with E-state index in [4.69, 9.17) is 32.2 Å². The van der Waals surface area contributed by atoms with Crippen molar-refractivity contribution in [3.8, 4) is 11.1 Å². The zero-order valence-corrected chi connectivity index (χ0v) is 36.6. The van der Waals surface area contributed by atoms with Gasteiger partial charge in [-0.2, -0.15) is 0 Å². The van der Waals surface area contributed by atoms with Crippen LogP contribution in [0.15, 0.2) is 48.5 Å². The smallest absolute Gasteiger partial charge is 0.403 e. The van der Waals surface area contributed by atoms with Crippen LogP contribution in [-0.2, 0) is 34.9 Å². The van der Waals surface area contributed by atoms with Gasteiger partial charge in [0.25, 0.3) is 11.8 Å².